The third-order valence-electron chi connectivity index (χ3n) is 3.55. The van der Waals surface area contributed by atoms with Crippen LogP contribution in [0.3, 0.4) is 0 Å². The molecule has 1 saturated heterocycles. The number of ether oxygens (including phenoxy) is 1. The molecule has 2 N–H and O–H groups in total. The highest BCUT2D eigenvalue weighted by Crippen LogP contribution is 2.27. The molecular weight excluding hydrogens is 228 g/mol. The van der Waals surface area contributed by atoms with Crippen molar-refractivity contribution in [2.24, 2.45) is 0 Å². The van der Waals surface area contributed by atoms with Crippen molar-refractivity contribution >= 4 is 0 Å². The van der Waals surface area contributed by atoms with Gasteiger partial charge >= 0.3 is 0 Å². The first-order chi connectivity index (χ1) is 8.70. The van der Waals surface area contributed by atoms with E-state index >= 15 is 0 Å². The Morgan fingerprint density at radius 3 is 2.72 bits per heavy atom. The summed E-state index contributed by atoms with van der Waals surface area (Å²) in [5.41, 5.74) is 1.15. The summed E-state index contributed by atoms with van der Waals surface area (Å²) in [5, 5.41) is 13.1. The first-order valence-electron chi connectivity index (χ1n) is 6.51. The molecule has 1 atom stereocenters. The summed E-state index contributed by atoms with van der Waals surface area (Å²) in [4.78, 5) is 2.48. The van der Waals surface area contributed by atoms with Crippen LogP contribution in [0.1, 0.15) is 12.5 Å². The van der Waals surface area contributed by atoms with Crippen molar-refractivity contribution in [2.75, 3.05) is 33.3 Å². The SMILES string of the molecule is COc1ccc(CC(C)N2CCNCC2)cc1O. The van der Waals surface area contributed by atoms with E-state index < -0.39 is 0 Å². The second-order valence-electron chi connectivity index (χ2n) is 4.85. The number of nitrogens with one attached hydrogen (secondary N) is 1. The molecule has 0 aromatic heterocycles. The second kappa shape index (κ2) is 6.07. The molecule has 1 heterocycles. The summed E-state index contributed by atoms with van der Waals surface area (Å²) in [6.07, 6.45) is 0.956. The number of benzene rings is 1. The van der Waals surface area contributed by atoms with Crippen LogP contribution in [0.5, 0.6) is 11.5 Å². The van der Waals surface area contributed by atoms with Crippen LogP contribution in [0.15, 0.2) is 18.2 Å². The van der Waals surface area contributed by atoms with Crippen LogP contribution in [-0.2, 0) is 6.42 Å². The Morgan fingerprint density at radius 2 is 2.11 bits per heavy atom. The Kier molecular flexibility index (Phi) is 4.44. The van der Waals surface area contributed by atoms with Crippen LogP contribution in [0.25, 0.3) is 0 Å². The molecule has 1 unspecified atom stereocenters. The van der Waals surface area contributed by atoms with Crippen molar-refractivity contribution in [3.05, 3.63) is 23.8 Å². The summed E-state index contributed by atoms with van der Waals surface area (Å²) in [7, 11) is 1.57. The van der Waals surface area contributed by atoms with E-state index in [1.165, 1.54) is 0 Å². The van der Waals surface area contributed by atoms with Gasteiger partial charge in [0.2, 0.25) is 0 Å². The summed E-state index contributed by atoms with van der Waals surface area (Å²) in [6, 6.07) is 6.16. The van der Waals surface area contributed by atoms with Gasteiger partial charge in [0.05, 0.1) is 7.11 Å². The van der Waals surface area contributed by atoms with E-state index in [2.05, 4.69) is 17.1 Å². The zero-order valence-electron chi connectivity index (χ0n) is 11.1. The number of hydrogen-bond acceptors (Lipinski definition) is 4. The van der Waals surface area contributed by atoms with Gasteiger partial charge in [0, 0.05) is 32.2 Å². The number of piperazine rings is 1. The minimum atomic E-state index is 0.225. The van der Waals surface area contributed by atoms with Crippen molar-refractivity contribution in [3.63, 3.8) is 0 Å². The van der Waals surface area contributed by atoms with Gasteiger partial charge in [0.1, 0.15) is 0 Å². The molecule has 1 aliphatic heterocycles. The molecule has 0 aliphatic carbocycles. The van der Waals surface area contributed by atoms with Crippen molar-refractivity contribution in [3.8, 4) is 11.5 Å². The molecule has 4 nitrogen and oxygen atoms in total. The maximum absolute atomic E-state index is 9.77. The van der Waals surface area contributed by atoms with Gasteiger partial charge in [-0.05, 0) is 31.0 Å². The molecular formula is C14H22N2O2. The number of nitrogens with zero attached hydrogens (tertiary/aromatic N) is 1. The third-order valence-corrected chi connectivity index (χ3v) is 3.55. The van der Waals surface area contributed by atoms with E-state index in [0.717, 1.165) is 38.2 Å². The molecule has 4 heteroatoms. The molecule has 0 radical (unpaired) electrons. The Morgan fingerprint density at radius 1 is 1.39 bits per heavy atom. The average molecular weight is 250 g/mol. The quantitative estimate of drug-likeness (QED) is 0.844. The summed E-state index contributed by atoms with van der Waals surface area (Å²) >= 11 is 0. The largest absolute Gasteiger partial charge is 0.504 e. The summed E-state index contributed by atoms with van der Waals surface area (Å²) in [6.45, 7) is 6.58. The van der Waals surface area contributed by atoms with E-state index in [0.29, 0.717) is 11.8 Å². The van der Waals surface area contributed by atoms with Gasteiger partial charge in [-0.3, -0.25) is 4.90 Å². The number of phenolic OH excluding ortho intramolecular Hbond substituents is 1. The normalized spacial score (nSPS) is 18.6. The van der Waals surface area contributed by atoms with Crippen LogP contribution >= 0.6 is 0 Å². The van der Waals surface area contributed by atoms with E-state index in [1.54, 1.807) is 13.2 Å². The van der Waals surface area contributed by atoms with Crippen LogP contribution < -0.4 is 10.1 Å². The topological polar surface area (TPSA) is 44.7 Å². The lowest BCUT2D eigenvalue weighted by molar-refractivity contribution is 0.183. The van der Waals surface area contributed by atoms with Crippen molar-refractivity contribution in [1.29, 1.82) is 0 Å². The fraction of sp³-hybridized carbons (Fsp3) is 0.571. The van der Waals surface area contributed by atoms with Crippen molar-refractivity contribution in [2.45, 2.75) is 19.4 Å². The van der Waals surface area contributed by atoms with Gasteiger partial charge < -0.3 is 15.2 Å². The Balaban J connectivity index is 1.97. The molecule has 2 rings (SSSR count). The lowest BCUT2D eigenvalue weighted by Crippen LogP contribution is -2.48. The molecule has 1 aromatic carbocycles. The van der Waals surface area contributed by atoms with Gasteiger partial charge in [0.25, 0.3) is 0 Å². The zero-order valence-corrected chi connectivity index (χ0v) is 11.1. The smallest absolute Gasteiger partial charge is 0.160 e. The monoisotopic (exact) mass is 250 g/mol. The average Bonchev–Trinajstić information content (AvgIpc) is 2.40. The third kappa shape index (κ3) is 3.15. The van der Waals surface area contributed by atoms with Crippen LogP contribution in [0.4, 0.5) is 0 Å². The molecule has 1 fully saturated rings. The molecule has 0 amide bonds. The number of methoxy groups -OCH3 is 1. The van der Waals surface area contributed by atoms with E-state index in [1.807, 2.05) is 12.1 Å². The Hall–Kier alpha value is -1.26. The number of aromatic hydroxyl groups is 1. The molecule has 1 aliphatic rings. The van der Waals surface area contributed by atoms with Gasteiger partial charge in [-0.2, -0.15) is 0 Å². The zero-order chi connectivity index (χ0) is 13.0. The molecule has 100 valence electrons. The van der Waals surface area contributed by atoms with Gasteiger partial charge in [0.15, 0.2) is 11.5 Å². The van der Waals surface area contributed by atoms with E-state index in [-0.39, 0.29) is 5.75 Å². The molecule has 1 aromatic rings. The summed E-state index contributed by atoms with van der Waals surface area (Å²) < 4.78 is 5.05. The van der Waals surface area contributed by atoms with Crippen molar-refractivity contribution < 1.29 is 9.84 Å². The molecule has 18 heavy (non-hydrogen) atoms. The Bertz CT molecular complexity index is 389. The van der Waals surface area contributed by atoms with E-state index in [4.69, 9.17) is 4.74 Å². The Labute approximate surface area is 109 Å². The highest BCUT2D eigenvalue weighted by Gasteiger charge is 2.17. The van der Waals surface area contributed by atoms with Crippen LogP contribution in [-0.4, -0.2) is 49.3 Å². The molecule has 0 bridgehead atoms. The first-order valence-corrected chi connectivity index (χ1v) is 6.51. The van der Waals surface area contributed by atoms with Crippen LogP contribution in [0, 0.1) is 0 Å². The lowest BCUT2D eigenvalue weighted by atomic mass is 10.0. The second-order valence-corrected chi connectivity index (χ2v) is 4.85. The maximum Gasteiger partial charge on any atom is 0.160 e. The minimum absolute atomic E-state index is 0.225. The van der Waals surface area contributed by atoms with Crippen molar-refractivity contribution in [1.82, 2.24) is 10.2 Å². The standard InChI is InChI=1S/C14H22N2O2/c1-11(16-7-5-15-6-8-16)9-12-3-4-14(18-2)13(17)10-12/h3-4,10-11,15,17H,5-9H2,1-2H3. The van der Waals surface area contributed by atoms with Crippen LogP contribution in [0.2, 0.25) is 0 Å². The van der Waals surface area contributed by atoms with Gasteiger partial charge in [-0.1, -0.05) is 6.07 Å². The number of phenols is 1. The predicted octanol–water partition coefficient (Wildman–Crippen LogP) is 1.24. The minimum Gasteiger partial charge on any atom is -0.504 e. The lowest BCUT2D eigenvalue weighted by Gasteiger charge is -2.32. The maximum atomic E-state index is 9.77. The fourth-order valence-electron chi connectivity index (χ4n) is 2.46. The first kappa shape index (κ1) is 13.2. The fourth-order valence-corrected chi connectivity index (χ4v) is 2.46. The van der Waals surface area contributed by atoms with Gasteiger partial charge in [-0.15, -0.1) is 0 Å². The molecule has 0 saturated carbocycles. The summed E-state index contributed by atoms with van der Waals surface area (Å²) in [5.74, 6) is 0.760. The molecule has 0 spiro atoms. The number of hydrogen-bond donors (Lipinski definition) is 2. The highest BCUT2D eigenvalue weighted by molar-refractivity contribution is 5.41. The van der Waals surface area contributed by atoms with Gasteiger partial charge in [-0.25, -0.2) is 0 Å². The number of rotatable bonds is 4. The van der Waals surface area contributed by atoms with E-state index in [9.17, 15) is 5.11 Å². The highest BCUT2D eigenvalue weighted by atomic mass is 16.5. The predicted molar refractivity (Wildman–Crippen MR) is 72.3 cm³/mol.